The Hall–Kier alpha value is -0.570. The van der Waals surface area contributed by atoms with Crippen molar-refractivity contribution in [3.8, 4) is 0 Å². The van der Waals surface area contributed by atoms with Gasteiger partial charge in [-0.2, -0.15) is 0 Å². The number of aliphatic carboxylic acids is 1. The molecule has 0 radical (unpaired) electrons. The van der Waals surface area contributed by atoms with Crippen LogP contribution in [0.15, 0.2) is 0 Å². The second-order valence-electron chi connectivity index (χ2n) is 8.21. The van der Waals surface area contributed by atoms with Crippen LogP contribution in [0.4, 0.5) is 0 Å². The van der Waals surface area contributed by atoms with Crippen LogP contribution in [0.25, 0.3) is 0 Å². The van der Waals surface area contributed by atoms with E-state index in [-0.39, 0.29) is 0 Å². The standard InChI is InChI=1S/C17H31NO2/c1-16(2,3)14-8-6-13(7-9-14)12-18-11-5-10-17(18,4)15(19)20/h13-14H,5-12H2,1-4H3,(H,19,20). The highest BCUT2D eigenvalue weighted by Crippen LogP contribution is 2.41. The normalized spacial score (nSPS) is 36.2. The number of hydrogen-bond donors (Lipinski definition) is 1. The van der Waals surface area contributed by atoms with Crippen LogP contribution < -0.4 is 0 Å². The number of carboxylic acid groups (broad SMARTS) is 1. The van der Waals surface area contributed by atoms with Gasteiger partial charge in [0.25, 0.3) is 0 Å². The van der Waals surface area contributed by atoms with Crippen molar-refractivity contribution in [2.45, 2.75) is 71.8 Å². The van der Waals surface area contributed by atoms with Crippen LogP contribution in [0, 0.1) is 17.3 Å². The van der Waals surface area contributed by atoms with E-state index in [0.29, 0.717) is 11.3 Å². The molecule has 3 nitrogen and oxygen atoms in total. The van der Waals surface area contributed by atoms with Crippen LogP contribution >= 0.6 is 0 Å². The van der Waals surface area contributed by atoms with E-state index in [1.165, 1.54) is 25.7 Å². The minimum Gasteiger partial charge on any atom is -0.480 e. The number of carbonyl (C=O) groups is 1. The Kier molecular flexibility index (Phi) is 4.48. The van der Waals surface area contributed by atoms with Gasteiger partial charge in [0.2, 0.25) is 0 Å². The Labute approximate surface area is 123 Å². The van der Waals surface area contributed by atoms with Gasteiger partial charge in [-0.1, -0.05) is 20.8 Å². The Bertz CT molecular complexity index is 352. The molecule has 1 saturated heterocycles. The molecule has 0 amide bonds. The molecule has 1 heterocycles. The molecule has 0 aromatic rings. The summed E-state index contributed by atoms with van der Waals surface area (Å²) >= 11 is 0. The van der Waals surface area contributed by atoms with E-state index in [0.717, 1.165) is 31.8 Å². The van der Waals surface area contributed by atoms with E-state index in [1.807, 2.05) is 6.92 Å². The number of carboxylic acids is 1. The first-order valence-electron chi connectivity index (χ1n) is 8.22. The second-order valence-corrected chi connectivity index (χ2v) is 8.21. The first-order valence-corrected chi connectivity index (χ1v) is 8.22. The lowest BCUT2D eigenvalue weighted by atomic mass is 9.69. The monoisotopic (exact) mass is 281 g/mol. The summed E-state index contributed by atoms with van der Waals surface area (Å²) in [5, 5.41) is 9.48. The summed E-state index contributed by atoms with van der Waals surface area (Å²) in [6, 6.07) is 0. The SMILES string of the molecule is CC(C)(C)C1CCC(CN2CCCC2(C)C(=O)O)CC1. The summed E-state index contributed by atoms with van der Waals surface area (Å²) < 4.78 is 0. The third-order valence-corrected chi connectivity index (χ3v) is 5.80. The lowest BCUT2D eigenvalue weighted by Gasteiger charge is -2.40. The number of nitrogens with zero attached hydrogens (tertiary/aromatic N) is 1. The minimum atomic E-state index is -0.640. The second kappa shape index (κ2) is 5.67. The molecule has 1 saturated carbocycles. The summed E-state index contributed by atoms with van der Waals surface area (Å²) in [5.74, 6) is 0.895. The van der Waals surface area contributed by atoms with E-state index in [1.54, 1.807) is 0 Å². The molecule has 20 heavy (non-hydrogen) atoms. The average molecular weight is 281 g/mol. The Morgan fingerprint density at radius 3 is 2.35 bits per heavy atom. The summed E-state index contributed by atoms with van der Waals surface area (Å²) in [6.07, 6.45) is 7.00. The molecule has 0 spiro atoms. The maximum Gasteiger partial charge on any atom is 0.323 e. The molecule has 1 N–H and O–H groups in total. The maximum absolute atomic E-state index is 11.5. The highest BCUT2D eigenvalue weighted by molar-refractivity contribution is 5.78. The van der Waals surface area contributed by atoms with Crippen LogP contribution in [0.5, 0.6) is 0 Å². The van der Waals surface area contributed by atoms with Gasteiger partial charge in [0.15, 0.2) is 0 Å². The molecule has 1 aliphatic heterocycles. The van der Waals surface area contributed by atoms with Crippen molar-refractivity contribution in [2.24, 2.45) is 17.3 Å². The Morgan fingerprint density at radius 2 is 1.85 bits per heavy atom. The minimum absolute atomic E-state index is 0.425. The van der Waals surface area contributed by atoms with E-state index in [2.05, 4.69) is 25.7 Å². The fraction of sp³-hybridized carbons (Fsp3) is 0.941. The van der Waals surface area contributed by atoms with Crippen LogP contribution in [0.3, 0.4) is 0 Å². The molecular weight excluding hydrogens is 250 g/mol. The summed E-state index contributed by atoms with van der Waals surface area (Å²) in [5.41, 5.74) is -0.185. The maximum atomic E-state index is 11.5. The van der Waals surface area contributed by atoms with Crippen LogP contribution in [0.1, 0.15) is 66.2 Å². The fourth-order valence-electron chi connectivity index (χ4n) is 4.08. The van der Waals surface area contributed by atoms with Gasteiger partial charge in [-0.05, 0) is 69.2 Å². The third kappa shape index (κ3) is 3.19. The van der Waals surface area contributed by atoms with E-state index < -0.39 is 11.5 Å². The predicted octanol–water partition coefficient (Wildman–Crippen LogP) is 3.78. The van der Waals surface area contributed by atoms with Crippen molar-refractivity contribution >= 4 is 5.97 Å². The smallest absolute Gasteiger partial charge is 0.323 e. The zero-order valence-electron chi connectivity index (χ0n) is 13.6. The zero-order valence-corrected chi connectivity index (χ0v) is 13.6. The van der Waals surface area contributed by atoms with Gasteiger partial charge in [-0.15, -0.1) is 0 Å². The third-order valence-electron chi connectivity index (χ3n) is 5.80. The topological polar surface area (TPSA) is 40.5 Å². The van der Waals surface area contributed by atoms with Crippen molar-refractivity contribution in [2.75, 3.05) is 13.1 Å². The molecule has 0 aromatic carbocycles. The van der Waals surface area contributed by atoms with E-state index >= 15 is 0 Å². The summed E-state index contributed by atoms with van der Waals surface area (Å²) in [6.45, 7) is 10.9. The quantitative estimate of drug-likeness (QED) is 0.856. The van der Waals surface area contributed by atoms with Gasteiger partial charge in [-0.3, -0.25) is 9.69 Å². The number of rotatable bonds is 3. The summed E-state index contributed by atoms with van der Waals surface area (Å²) in [7, 11) is 0. The average Bonchev–Trinajstić information content (AvgIpc) is 2.72. The van der Waals surface area contributed by atoms with Crippen molar-refractivity contribution in [3.05, 3.63) is 0 Å². The molecule has 0 aromatic heterocycles. The molecule has 1 unspecified atom stereocenters. The Morgan fingerprint density at radius 1 is 1.25 bits per heavy atom. The molecule has 2 aliphatic rings. The zero-order chi connectivity index (χ0) is 15.0. The van der Waals surface area contributed by atoms with E-state index in [9.17, 15) is 9.90 Å². The van der Waals surface area contributed by atoms with Crippen molar-refractivity contribution < 1.29 is 9.90 Å². The lowest BCUT2D eigenvalue weighted by Crippen LogP contribution is -2.50. The first kappa shape index (κ1) is 15.8. The molecule has 2 fully saturated rings. The van der Waals surface area contributed by atoms with Crippen molar-refractivity contribution in [1.82, 2.24) is 4.90 Å². The van der Waals surface area contributed by atoms with Crippen LogP contribution in [0.2, 0.25) is 0 Å². The highest BCUT2D eigenvalue weighted by atomic mass is 16.4. The van der Waals surface area contributed by atoms with Crippen molar-refractivity contribution in [1.29, 1.82) is 0 Å². The predicted molar refractivity (Wildman–Crippen MR) is 81.8 cm³/mol. The highest BCUT2D eigenvalue weighted by Gasteiger charge is 2.44. The van der Waals surface area contributed by atoms with E-state index in [4.69, 9.17) is 0 Å². The fourth-order valence-corrected chi connectivity index (χ4v) is 4.08. The van der Waals surface area contributed by atoms with Crippen LogP contribution in [-0.2, 0) is 4.79 Å². The van der Waals surface area contributed by atoms with Gasteiger partial charge in [0.1, 0.15) is 5.54 Å². The number of likely N-dealkylation sites (tertiary alicyclic amines) is 1. The number of hydrogen-bond acceptors (Lipinski definition) is 2. The molecule has 2 rings (SSSR count). The van der Waals surface area contributed by atoms with Gasteiger partial charge in [0, 0.05) is 6.54 Å². The Balaban J connectivity index is 1.88. The van der Waals surface area contributed by atoms with Gasteiger partial charge >= 0.3 is 5.97 Å². The molecular formula is C17H31NO2. The molecule has 1 aliphatic carbocycles. The van der Waals surface area contributed by atoms with Gasteiger partial charge in [0.05, 0.1) is 0 Å². The summed E-state index contributed by atoms with van der Waals surface area (Å²) in [4.78, 5) is 13.8. The van der Waals surface area contributed by atoms with Crippen molar-refractivity contribution in [3.63, 3.8) is 0 Å². The largest absolute Gasteiger partial charge is 0.480 e. The molecule has 116 valence electrons. The lowest BCUT2D eigenvalue weighted by molar-refractivity contribution is -0.149. The van der Waals surface area contributed by atoms with Gasteiger partial charge in [-0.25, -0.2) is 0 Å². The van der Waals surface area contributed by atoms with Gasteiger partial charge < -0.3 is 5.11 Å². The molecule has 0 bridgehead atoms. The molecule has 3 heteroatoms. The van der Waals surface area contributed by atoms with Crippen LogP contribution in [-0.4, -0.2) is 34.6 Å². The molecule has 1 atom stereocenters. The first-order chi connectivity index (χ1) is 9.23.